The Morgan fingerprint density at radius 3 is 2.84 bits per heavy atom. The zero-order valence-electron chi connectivity index (χ0n) is 9.95. The molecule has 1 amide bonds. The number of anilines is 1. The predicted molar refractivity (Wildman–Crippen MR) is 70.0 cm³/mol. The van der Waals surface area contributed by atoms with Crippen molar-refractivity contribution in [2.75, 3.05) is 5.32 Å². The van der Waals surface area contributed by atoms with E-state index < -0.39 is 17.5 Å². The summed E-state index contributed by atoms with van der Waals surface area (Å²) in [6, 6.07) is 4.79. The Balaban J connectivity index is 2.28. The van der Waals surface area contributed by atoms with Crippen LogP contribution < -0.4 is 5.32 Å². The van der Waals surface area contributed by atoms with E-state index in [1.165, 1.54) is 6.07 Å². The molecule has 0 saturated heterocycles. The Morgan fingerprint density at radius 2 is 2.16 bits per heavy atom. The van der Waals surface area contributed by atoms with Crippen molar-refractivity contribution in [3.8, 4) is 5.75 Å². The summed E-state index contributed by atoms with van der Waals surface area (Å²) in [6.45, 7) is 1.80. The Hall–Kier alpha value is -2.14. The van der Waals surface area contributed by atoms with Gasteiger partial charge in [-0.2, -0.15) is 0 Å². The molecule has 0 aliphatic carbocycles. The Kier molecular flexibility index (Phi) is 3.66. The monoisotopic (exact) mass is 280 g/mol. The Morgan fingerprint density at radius 1 is 1.42 bits per heavy atom. The zero-order chi connectivity index (χ0) is 14.0. The van der Waals surface area contributed by atoms with Crippen molar-refractivity contribution in [2.24, 2.45) is 0 Å². The highest BCUT2D eigenvalue weighted by molar-refractivity contribution is 6.32. The number of hydrogen-bond acceptors (Lipinski definition) is 3. The molecule has 19 heavy (non-hydrogen) atoms. The number of carbonyl (C=O) groups is 1. The molecule has 1 aromatic heterocycles. The van der Waals surface area contributed by atoms with Crippen LogP contribution in [0.4, 0.5) is 10.1 Å². The van der Waals surface area contributed by atoms with Crippen molar-refractivity contribution >= 4 is 23.2 Å². The van der Waals surface area contributed by atoms with Crippen LogP contribution in [0.2, 0.25) is 5.15 Å². The standard InChI is InChI=1S/C13H10ClFN2O2/c1-7-4-10(12(14)16-6-7)17-13(19)9-3-2-8(15)5-11(9)18/h2-6,18H,1H3,(H,17,19). The average molecular weight is 281 g/mol. The second-order valence-corrected chi connectivity index (χ2v) is 4.32. The van der Waals surface area contributed by atoms with Crippen LogP contribution in [-0.2, 0) is 0 Å². The third-order valence-corrected chi connectivity index (χ3v) is 2.73. The van der Waals surface area contributed by atoms with Gasteiger partial charge in [0, 0.05) is 12.3 Å². The van der Waals surface area contributed by atoms with Gasteiger partial charge in [-0.3, -0.25) is 4.79 Å². The van der Waals surface area contributed by atoms with Crippen LogP contribution in [0.25, 0.3) is 0 Å². The van der Waals surface area contributed by atoms with Crippen LogP contribution in [0.1, 0.15) is 15.9 Å². The molecule has 6 heteroatoms. The Labute approximate surface area is 113 Å². The molecule has 0 saturated carbocycles. The first kappa shape index (κ1) is 13.3. The van der Waals surface area contributed by atoms with Crippen molar-refractivity contribution < 1.29 is 14.3 Å². The van der Waals surface area contributed by atoms with Gasteiger partial charge in [0.15, 0.2) is 5.15 Å². The fraction of sp³-hybridized carbons (Fsp3) is 0.0769. The van der Waals surface area contributed by atoms with Crippen molar-refractivity contribution in [2.45, 2.75) is 6.92 Å². The third-order valence-electron chi connectivity index (χ3n) is 2.43. The van der Waals surface area contributed by atoms with Gasteiger partial charge in [0.2, 0.25) is 0 Å². The number of amides is 1. The van der Waals surface area contributed by atoms with Crippen LogP contribution in [-0.4, -0.2) is 16.0 Å². The molecule has 0 fully saturated rings. The van der Waals surface area contributed by atoms with E-state index in [-0.39, 0.29) is 10.7 Å². The summed E-state index contributed by atoms with van der Waals surface area (Å²) < 4.78 is 12.8. The van der Waals surface area contributed by atoms with Gasteiger partial charge in [0.1, 0.15) is 11.6 Å². The molecule has 2 rings (SSSR count). The number of nitrogens with zero attached hydrogens (tertiary/aromatic N) is 1. The summed E-state index contributed by atoms with van der Waals surface area (Å²) in [6.07, 6.45) is 1.56. The number of aromatic nitrogens is 1. The largest absolute Gasteiger partial charge is 0.507 e. The molecule has 4 nitrogen and oxygen atoms in total. The Bertz CT molecular complexity index is 647. The molecule has 1 aromatic carbocycles. The molecule has 0 atom stereocenters. The number of halogens is 2. The lowest BCUT2D eigenvalue weighted by Crippen LogP contribution is -2.13. The zero-order valence-corrected chi connectivity index (χ0v) is 10.7. The number of hydrogen-bond donors (Lipinski definition) is 2. The number of carbonyl (C=O) groups excluding carboxylic acids is 1. The van der Waals surface area contributed by atoms with Crippen molar-refractivity contribution in [3.05, 3.63) is 52.6 Å². The SMILES string of the molecule is Cc1cnc(Cl)c(NC(=O)c2ccc(F)cc2O)c1. The molecule has 98 valence electrons. The molecule has 0 radical (unpaired) electrons. The maximum atomic E-state index is 12.8. The molecule has 1 heterocycles. The first-order chi connectivity index (χ1) is 8.97. The van der Waals surface area contributed by atoms with Crippen molar-refractivity contribution in [3.63, 3.8) is 0 Å². The fourth-order valence-corrected chi connectivity index (χ4v) is 1.68. The second kappa shape index (κ2) is 5.24. The topological polar surface area (TPSA) is 62.2 Å². The molecule has 0 bridgehead atoms. The number of rotatable bonds is 2. The van der Waals surface area contributed by atoms with Gasteiger partial charge in [0.25, 0.3) is 5.91 Å². The van der Waals surface area contributed by atoms with E-state index in [2.05, 4.69) is 10.3 Å². The van der Waals surface area contributed by atoms with Gasteiger partial charge in [-0.25, -0.2) is 9.37 Å². The average Bonchev–Trinajstić information content (AvgIpc) is 2.33. The van der Waals surface area contributed by atoms with Gasteiger partial charge in [-0.05, 0) is 30.7 Å². The summed E-state index contributed by atoms with van der Waals surface area (Å²) in [5, 5.41) is 12.2. The lowest BCUT2D eigenvalue weighted by Gasteiger charge is -2.08. The first-order valence-corrected chi connectivity index (χ1v) is 5.77. The minimum absolute atomic E-state index is 0.0426. The van der Waals surface area contributed by atoms with Crippen LogP contribution in [0, 0.1) is 12.7 Å². The smallest absolute Gasteiger partial charge is 0.259 e. The highest BCUT2D eigenvalue weighted by atomic mass is 35.5. The van der Waals surface area contributed by atoms with Crippen molar-refractivity contribution in [1.82, 2.24) is 4.98 Å². The van der Waals surface area contributed by atoms with Crippen LogP contribution in [0.5, 0.6) is 5.75 Å². The van der Waals surface area contributed by atoms with Crippen LogP contribution in [0.3, 0.4) is 0 Å². The van der Waals surface area contributed by atoms with Gasteiger partial charge >= 0.3 is 0 Å². The predicted octanol–water partition coefficient (Wildman–Crippen LogP) is 3.14. The fourth-order valence-electron chi connectivity index (χ4n) is 1.53. The van der Waals surface area contributed by atoms with E-state index in [0.29, 0.717) is 5.69 Å². The minimum Gasteiger partial charge on any atom is -0.507 e. The number of aromatic hydroxyl groups is 1. The molecule has 0 aliphatic heterocycles. The molecular weight excluding hydrogens is 271 g/mol. The highest BCUT2D eigenvalue weighted by Crippen LogP contribution is 2.23. The summed E-state index contributed by atoms with van der Waals surface area (Å²) in [7, 11) is 0. The van der Waals surface area contributed by atoms with Crippen molar-refractivity contribution in [1.29, 1.82) is 0 Å². The maximum Gasteiger partial charge on any atom is 0.259 e. The second-order valence-electron chi connectivity index (χ2n) is 3.97. The summed E-state index contributed by atoms with van der Waals surface area (Å²) >= 11 is 5.84. The van der Waals surface area contributed by atoms with E-state index in [1.54, 1.807) is 19.2 Å². The van der Waals surface area contributed by atoms with E-state index in [0.717, 1.165) is 17.7 Å². The van der Waals surface area contributed by atoms with E-state index in [9.17, 15) is 14.3 Å². The van der Waals surface area contributed by atoms with E-state index in [1.807, 2.05) is 0 Å². The first-order valence-electron chi connectivity index (χ1n) is 5.39. The summed E-state index contributed by atoms with van der Waals surface area (Å²) in [4.78, 5) is 15.8. The molecule has 0 aliphatic rings. The molecule has 0 unspecified atom stereocenters. The van der Waals surface area contributed by atoms with Gasteiger partial charge in [-0.1, -0.05) is 11.6 Å². The minimum atomic E-state index is -0.621. The third kappa shape index (κ3) is 3.00. The summed E-state index contributed by atoms with van der Waals surface area (Å²) in [5.41, 5.74) is 1.11. The van der Waals surface area contributed by atoms with Gasteiger partial charge in [-0.15, -0.1) is 0 Å². The van der Waals surface area contributed by atoms with Gasteiger partial charge < -0.3 is 10.4 Å². The van der Waals surface area contributed by atoms with Gasteiger partial charge in [0.05, 0.1) is 11.3 Å². The lowest BCUT2D eigenvalue weighted by molar-refractivity contribution is 0.102. The number of aryl methyl sites for hydroxylation is 1. The quantitative estimate of drug-likeness (QED) is 0.831. The van der Waals surface area contributed by atoms with E-state index >= 15 is 0 Å². The number of benzene rings is 1. The van der Waals surface area contributed by atoms with E-state index in [4.69, 9.17) is 11.6 Å². The number of pyridine rings is 1. The number of nitrogens with one attached hydrogen (secondary N) is 1. The normalized spacial score (nSPS) is 10.3. The van der Waals surface area contributed by atoms with Crippen LogP contribution >= 0.6 is 11.6 Å². The maximum absolute atomic E-state index is 12.8. The molecule has 0 spiro atoms. The highest BCUT2D eigenvalue weighted by Gasteiger charge is 2.13. The van der Waals surface area contributed by atoms with Crippen LogP contribution in [0.15, 0.2) is 30.5 Å². The summed E-state index contributed by atoms with van der Waals surface area (Å²) in [5.74, 6) is -1.65. The molecule has 2 N–H and O–H groups in total. The molecule has 2 aromatic rings. The lowest BCUT2D eigenvalue weighted by atomic mass is 10.2. The number of phenols is 1. The number of phenolic OH excluding ortho intramolecular Hbond substituents is 1. The molecular formula is C13H10ClFN2O2.